The molecular formula is C21H16ClN3O2S. The van der Waals surface area contributed by atoms with Crippen molar-refractivity contribution in [3.63, 3.8) is 0 Å². The zero-order valence-electron chi connectivity index (χ0n) is 14.9. The Hall–Kier alpha value is -2.96. The molecule has 1 aliphatic heterocycles. The Morgan fingerprint density at radius 2 is 1.86 bits per heavy atom. The first-order valence-electron chi connectivity index (χ1n) is 8.53. The Morgan fingerprint density at radius 1 is 1.07 bits per heavy atom. The zero-order valence-corrected chi connectivity index (χ0v) is 16.4. The lowest BCUT2D eigenvalue weighted by molar-refractivity contribution is 0.0952. The van der Waals surface area contributed by atoms with Crippen molar-refractivity contribution < 1.29 is 9.90 Å². The highest BCUT2D eigenvalue weighted by molar-refractivity contribution is 7.99. The number of fused-ring (bicyclic) bond motifs is 2. The summed E-state index contributed by atoms with van der Waals surface area (Å²) in [5.74, 6) is -0.694. The molecule has 0 atom stereocenters. The van der Waals surface area contributed by atoms with Gasteiger partial charge >= 0.3 is 0 Å². The highest BCUT2D eigenvalue weighted by Gasteiger charge is 2.16. The molecule has 7 heteroatoms. The number of hydrogen-bond donors (Lipinski definition) is 3. The molecule has 1 amide bonds. The van der Waals surface area contributed by atoms with Crippen LogP contribution in [-0.2, 0) is 0 Å². The van der Waals surface area contributed by atoms with E-state index in [4.69, 9.17) is 11.6 Å². The van der Waals surface area contributed by atoms with Crippen molar-refractivity contribution in [1.29, 1.82) is 0 Å². The first kappa shape index (κ1) is 18.4. The van der Waals surface area contributed by atoms with Crippen LogP contribution in [0.3, 0.4) is 0 Å². The normalized spacial score (nSPS) is 12.6. The van der Waals surface area contributed by atoms with Crippen molar-refractivity contribution in [3.8, 4) is 5.75 Å². The van der Waals surface area contributed by atoms with Gasteiger partial charge in [-0.3, -0.25) is 4.79 Å². The fraction of sp³-hybridized carbons (Fsp3) is 0.0476. The number of phenols is 1. The minimum absolute atomic E-state index is 0.112. The average Bonchev–Trinajstić information content (AvgIpc) is 2.69. The van der Waals surface area contributed by atoms with E-state index in [1.165, 1.54) is 23.1 Å². The van der Waals surface area contributed by atoms with Gasteiger partial charge in [0.15, 0.2) is 0 Å². The standard InChI is InChI=1S/C21H16ClN3O2S/c1-12(24-25-21(27)15-8-7-14(22)11-18(15)26)13-6-9-20-17(10-13)23-16-4-2-3-5-19(16)28-20/h2-11,23,26H,1H3,(H,25,27)/b24-12-. The van der Waals surface area contributed by atoms with Gasteiger partial charge in [0.2, 0.25) is 0 Å². The van der Waals surface area contributed by atoms with Crippen LogP contribution in [0.25, 0.3) is 0 Å². The molecule has 5 nitrogen and oxygen atoms in total. The smallest absolute Gasteiger partial charge is 0.275 e. The predicted molar refractivity (Wildman–Crippen MR) is 113 cm³/mol. The van der Waals surface area contributed by atoms with Crippen LogP contribution >= 0.6 is 23.4 Å². The number of benzene rings is 3. The van der Waals surface area contributed by atoms with E-state index in [2.05, 4.69) is 21.9 Å². The number of halogens is 1. The molecule has 0 aliphatic carbocycles. The van der Waals surface area contributed by atoms with E-state index < -0.39 is 5.91 Å². The predicted octanol–water partition coefficient (Wildman–Crippen LogP) is 5.41. The lowest BCUT2D eigenvalue weighted by Gasteiger charge is -2.21. The van der Waals surface area contributed by atoms with Crippen LogP contribution in [0.5, 0.6) is 5.75 Å². The molecule has 0 saturated carbocycles. The van der Waals surface area contributed by atoms with Gasteiger partial charge in [0.05, 0.1) is 22.6 Å². The molecular weight excluding hydrogens is 394 g/mol. The number of hydrogen-bond acceptors (Lipinski definition) is 5. The van der Waals surface area contributed by atoms with Crippen molar-refractivity contribution in [2.24, 2.45) is 5.10 Å². The lowest BCUT2D eigenvalue weighted by Crippen LogP contribution is -2.19. The maximum Gasteiger partial charge on any atom is 0.275 e. The minimum atomic E-state index is -0.505. The molecule has 1 heterocycles. The molecule has 1 aliphatic rings. The molecule has 0 fully saturated rings. The van der Waals surface area contributed by atoms with Gasteiger partial charge in [-0.2, -0.15) is 5.10 Å². The number of para-hydroxylation sites is 1. The molecule has 3 N–H and O–H groups in total. The van der Waals surface area contributed by atoms with Gasteiger partial charge in [-0.1, -0.05) is 41.6 Å². The van der Waals surface area contributed by atoms with Crippen LogP contribution in [0, 0.1) is 0 Å². The SMILES string of the molecule is C/C(=N/NC(=O)c1ccc(Cl)cc1O)c1ccc2c(c1)Nc1ccccc1S2. The van der Waals surface area contributed by atoms with Gasteiger partial charge in [0, 0.05) is 14.8 Å². The maximum atomic E-state index is 12.2. The maximum absolute atomic E-state index is 12.2. The van der Waals surface area contributed by atoms with E-state index in [-0.39, 0.29) is 11.3 Å². The molecule has 140 valence electrons. The van der Waals surface area contributed by atoms with Crippen LogP contribution in [0.2, 0.25) is 5.02 Å². The Balaban J connectivity index is 1.52. The number of amides is 1. The number of nitrogens with one attached hydrogen (secondary N) is 2. The summed E-state index contributed by atoms with van der Waals surface area (Å²) in [4.78, 5) is 14.6. The van der Waals surface area contributed by atoms with Gasteiger partial charge < -0.3 is 10.4 Å². The quantitative estimate of drug-likeness (QED) is 0.312. The Kier molecular flexibility index (Phi) is 4.98. The van der Waals surface area contributed by atoms with E-state index in [0.717, 1.165) is 21.8 Å². The van der Waals surface area contributed by atoms with Gasteiger partial charge in [-0.05, 0) is 55.0 Å². The van der Waals surface area contributed by atoms with Crippen molar-refractivity contribution in [2.75, 3.05) is 5.32 Å². The molecule has 3 aromatic carbocycles. The van der Waals surface area contributed by atoms with Gasteiger partial charge in [-0.15, -0.1) is 0 Å². The van der Waals surface area contributed by atoms with Gasteiger partial charge in [0.25, 0.3) is 5.91 Å². The average molecular weight is 410 g/mol. The second-order valence-electron chi connectivity index (χ2n) is 6.23. The lowest BCUT2D eigenvalue weighted by atomic mass is 10.1. The second-order valence-corrected chi connectivity index (χ2v) is 7.75. The monoisotopic (exact) mass is 409 g/mol. The van der Waals surface area contributed by atoms with E-state index in [0.29, 0.717) is 10.7 Å². The highest BCUT2D eigenvalue weighted by Crippen LogP contribution is 2.44. The van der Waals surface area contributed by atoms with E-state index >= 15 is 0 Å². The Labute approximate surface area is 171 Å². The summed E-state index contributed by atoms with van der Waals surface area (Å²) in [6.45, 7) is 1.81. The topological polar surface area (TPSA) is 73.7 Å². The molecule has 3 aromatic rings. The fourth-order valence-corrected chi connectivity index (χ4v) is 3.96. The Morgan fingerprint density at radius 3 is 2.68 bits per heavy atom. The van der Waals surface area contributed by atoms with E-state index in [9.17, 15) is 9.90 Å². The molecule has 0 unspecified atom stereocenters. The van der Waals surface area contributed by atoms with Crippen molar-refractivity contribution >= 4 is 46.4 Å². The molecule has 0 aromatic heterocycles. The molecule has 0 bridgehead atoms. The number of carbonyl (C=O) groups is 1. The van der Waals surface area contributed by atoms with Gasteiger partial charge in [-0.25, -0.2) is 5.43 Å². The number of rotatable bonds is 3. The zero-order chi connectivity index (χ0) is 19.7. The summed E-state index contributed by atoms with van der Waals surface area (Å²) in [6, 6.07) is 18.4. The summed E-state index contributed by atoms with van der Waals surface area (Å²) in [5.41, 5.74) is 6.18. The van der Waals surface area contributed by atoms with E-state index in [1.807, 2.05) is 43.3 Å². The van der Waals surface area contributed by atoms with Crippen LogP contribution in [0.1, 0.15) is 22.8 Å². The van der Waals surface area contributed by atoms with Crippen LogP contribution in [0.15, 0.2) is 75.6 Å². The molecule has 28 heavy (non-hydrogen) atoms. The molecule has 4 rings (SSSR count). The number of hydrazone groups is 1. The third-order valence-electron chi connectivity index (χ3n) is 4.30. The van der Waals surface area contributed by atoms with Crippen LogP contribution in [-0.4, -0.2) is 16.7 Å². The first-order valence-corrected chi connectivity index (χ1v) is 9.72. The number of carbonyl (C=O) groups excluding carboxylic acids is 1. The summed E-state index contributed by atoms with van der Waals surface area (Å²) < 4.78 is 0. The van der Waals surface area contributed by atoms with Crippen molar-refractivity contribution in [3.05, 3.63) is 76.8 Å². The summed E-state index contributed by atoms with van der Waals surface area (Å²) in [7, 11) is 0. The van der Waals surface area contributed by atoms with Gasteiger partial charge in [0.1, 0.15) is 5.75 Å². The second kappa shape index (κ2) is 7.58. The van der Waals surface area contributed by atoms with E-state index in [1.54, 1.807) is 11.8 Å². The summed E-state index contributed by atoms with van der Waals surface area (Å²) in [5, 5.41) is 17.8. The number of phenolic OH excluding ortho intramolecular Hbond substituents is 1. The number of aromatic hydroxyl groups is 1. The third-order valence-corrected chi connectivity index (χ3v) is 5.69. The molecule has 0 spiro atoms. The molecule has 0 saturated heterocycles. The first-order chi connectivity index (χ1) is 13.5. The number of nitrogens with zero attached hydrogens (tertiary/aromatic N) is 1. The highest BCUT2D eigenvalue weighted by atomic mass is 35.5. The summed E-state index contributed by atoms with van der Waals surface area (Å²) >= 11 is 7.50. The summed E-state index contributed by atoms with van der Waals surface area (Å²) in [6.07, 6.45) is 0. The third kappa shape index (κ3) is 3.69. The van der Waals surface area contributed by atoms with Crippen LogP contribution < -0.4 is 10.7 Å². The Bertz CT molecular complexity index is 1110. The van der Waals surface area contributed by atoms with Crippen molar-refractivity contribution in [1.82, 2.24) is 5.43 Å². The van der Waals surface area contributed by atoms with Crippen LogP contribution in [0.4, 0.5) is 11.4 Å². The minimum Gasteiger partial charge on any atom is -0.507 e. The number of anilines is 2. The molecule has 0 radical (unpaired) electrons. The largest absolute Gasteiger partial charge is 0.507 e. The van der Waals surface area contributed by atoms with Crippen molar-refractivity contribution in [2.45, 2.75) is 16.7 Å². The fourth-order valence-electron chi connectivity index (χ4n) is 2.82.